The molecule has 0 aromatic carbocycles. The number of amides is 1. The van der Waals surface area contributed by atoms with E-state index in [1.54, 1.807) is 12.1 Å². The van der Waals surface area contributed by atoms with Gasteiger partial charge in [0.1, 0.15) is 0 Å². The van der Waals surface area contributed by atoms with Crippen molar-refractivity contribution in [3.63, 3.8) is 0 Å². The molecule has 2 N–H and O–H groups in total. The second-order valence-corrected chi connectivity index (χ2v) is 3.49. The lowest BCUT2D eigenvalue weighted by Crippen LogP contribution is -2.45. The summed E-state index contributed by atoms with van der Waals surface area (Å²) in [5, 5.41) is 6.17. The Kier molecular flexibility index (Phi) is 2.84. The second-order valence-electron chi connectivity index (χ2n) is 3.49. The van der Waals surface area contributed by atoms with Crippen LogP contribution in [0.1, 0.15) is 23.4 Å². The van der Waals surface area contributed by atoms with Crippen molar-refractivity contribution in [2.45, 2.75) is 18.9 Å². The molecule has 1 fully saturated rings. The van der Waals surface area contributed by atoms with Crippen molar-refractivity contribution in [1.29, 1.82) is 0 Å². The van der Waals surface area contributed by atoms with E-state index < -0.39 is 0 Å². The lowest BCUT2D eigenvalue weighted by Gasteiger charge is -2.23. The normalized spacial score (nSPS) is 21.9. The first kappa shape index (κ1) is 9.27. The van der Waals surface area contributed by atoms with Gasteiger partial charge >= 0.3 is 0 Å². The van der Waals surface area contributed by atoms with Gasteiger partial charge in [0, 0.05) is 12.6 Å². The molecule has 1 saturated heterocycles. The summed E-state index contributed by atoms with van der Waals surface area (Å²) < 4.78 is 5.00. The Labute approximate surface area is 82.7 Å². The van der Waals surface area contributed by atoms with Crippen molar-refractivity contribution in [2.75, 3.05) is 13.1 Å². The zero-order chi connectivity index (χ0) is 9.80. The van der Waals surface area contributed by atoms with Crippen LogP contribution in [0.15, 0.2) is 22.8 Å². The van der Waals surface area contributed by atoms with E-state index in [2.05, 4.69) is 10.6 Å². The van der Waals surface area contributed by atoms with E-state index in [0.29, 0.717) is 5.76 Å². The maximum atomic E-state index is 11.5. The van der Waals surface area contributed by atoms with Crippen LogP contribution in [0.4, 0.5) is 0 Å². The number of hydrogen-bond donors (Lipinski definition) is 2. The minimum atomic E-state index is -0.122. The van der Waals surface area contributed by atoms with E-state index >= 15 is 0 Å². The zero-order valence-electron chi connectivity index (χ0n) is 7.95. The fraction of sp³-hybridized carbons (Fsp3) is 0.500. The molecule has 1 aromatic heterocycles. The van der Waals surface area contributed by atoms with Gasteiger partial charge in [0.15, 0.2) is 5.76 Å². The maximum absolute atomic E-state index is 11.5. The van der Waals surface area contributed by atoms with Crippen LogP contribution in [0.5, 0.6) is 0 Å². The molecule has 1 aliphatic heterocycles. The summed E-state index contributed by atoms with van der Waals surface area (Å²) in [6.45, 7) is 1.90. The number of furan rings is 1. The average molecular weight is 194 g/mol. The Morgan fingerprint density at radius 2 is 2.57 bits per heavy atom. The van der Waals surface area contributed by atoms with Crippen molar-refractivity contribution in [2.24, 2.45) is 0 Å². The molecule has 2 heterocycles. The van der Waals surface area contributed by atoms with Gasteiger partial charge in [-0.05, 0) is 31.5 Å². The standard InChI is InChI=1S/C10H14N2O2/c13-10(9-4-2-6-14-9)12-8-3-1-5-11-7-8/h2,4,6,8,11H,1,3,5,7H2,(H,12,13). The summed E-state index contributed by atoms with van der Waals surface area (Å²) in [4.78, 5) is 11.5. The van der Waals surface area contributed by atoms with Gasteiger partial charge in [0.05, 0.1) is 6.26 Å². The van der Waals surface area contributed by atoms with Gasteiger partial charge in [-0.15, -0.1) is 0 Å². The predicted molar refractivity (Wildman–Crippen MR) is 52.1 cm³/mol. The molecule has 4 heteroatoms. The minimum Gasteiger partial charge on any atom is -0.459 e. The van der Waals surface area contributed by atoms with E-state index in [1.807, 2.05) is 0 Å². The van der Waals surface area contributed by atoms with Crippen LogP contribution in [-0.4, -0.2) is 25.0 Å². The third kappa shape index (κ3) is 2.14. The summed E-state index contributed by atoms with van der Waals surface area (Å²) in [7, 11) is 0. The predicted octanol–water partition coefficient (Wildman–Crippen LogP) is 0.761. The first-order valence-electron chi connectivity index (χ1n) is 4.91. The number of hydrogen-bond acceptors (Lipinski definition) is 3. The minimum absolute atomic E-state index is 0.122. The fourth-order valence-corrected chi connectivity index (χ4v) is 1.64. The molecule has 0 saturated carbocycles. The molecule has 0 spiro atoms. The van der Waals surface area contributed by atoms with Gasteiger partial charge in [-0.3, -0.25) is 4.79 Å². The molecule has 1 amide bonds. The molecule has 1 unspecified atom stereocenters. The molecule has 0 aliphatic carbocycles. The highest BCUT2D eigenvalue weighted by molar-refractivity contribution is 5.91. The van der Waals surface area contributed by atoms with Gasteiger partial charge in [-0.25, -0.2) is 0 Å². The molecule has 4 nitrogen and oxygen atoms in total. The van der Waals surface area contributed by atoms with Crippen LogP contribution in [0.3, 0.4) is 0 Å². The van der Waals surface area contributed by atoms with Crippen molar-refractivity contribution >= 4 is 5.91 Å². The van der Waals surface area contributed by atoms with Crippen LogP contribution in [0.25, 0.3) is 0 Å². The van der Waals surface area contributed by atoms with E-state index in [0.717, 1.165) is 25.9 Å². The summed E-state index contributed by atoms with van der Waals surface area (Å²) in [5.74, 6) is 0.263. The first-order chi connectivity index (χ1) is 6.86. The van der Waals surface area contributed by atoms with E-state index in [1.165, 1.54) is 6.26 Å². The molecule has 14 heavy (non-hydrogen) atoms. The fourth-order valence-electron chi connectivity index (χ4n) is 1.64. The number of carbonyl (C=O) groups excluding carboxylic acids is 1. The van der Waals surface area contributed by atoms with Gasteiger partial charge in [-0.1, -0.05) is 0 Å². The average Bonchev–Trinajstić information content (AvgIpc) is 2.72. The van der Waals surface area contributed by atoms with Crippen LogP contribution < -0.4 is 10.6 Å². The zero-order valence-corrected chi connectivity index (χ0v) is 7.95. The molecular weight excluding hydrogens is 180 g/mol. The van der Waals surface area contributed by atoms with Crippen molar-refractivity contribution in [3.8, 4) is 0 Å². The van der Waals surface area contributed by atoms with E-state index in [-0.39, 0.29) is 11.9 Å². The topological polar surface area (TPSA) is 54.3 Å². The van der Waals surface area contributed by atoms with Gasteiger partial charge in [0.25, 0.3) is 5.91 Å². The summed E-state index contributed by atoms with van der Waals surface area (Å²) >= 11 is 0. The Balaban J connectivity index is 1.87. The highest BCUT2D eigenvalue weighted by atomic mass is 16.3. The number of rotatable bonds is 2. The van der Waals surface area contributed by atoms with Crippen molar-refractivity contribution in [3.05, 3.63) is 24.2 Å². The van der Waals surface area contributed by atoms with Crippen molar-refractivity contribution in [1.82, 2.24) is 10.6 Å². The Morgan fingerprint density at radius 1 is 1.64 bits per heavy atom. The summed E-state index contributed by atoms with van der Waals surface area (Å²) in [6, 6.07) is 3.63. The largest absolute Gasteiger partial charge is 0.459 e. The molecule has 1 aromatic rings. The molecule has 2 rings (SSSR count). The van der Waals surface area contributed by atoms with Crippen LogP contribution >= 0.6 is 0 Å². The Bertz CT molecular complexity index is 289. The van der Waals surface area contributed by atoms with Gasteiger partial charge in [0.2, 0.25) is 0 Å². The monoisotopic (exact) mass is 194 g/mol. The Morgan fingerprint density at radius 3 is 3.21 bits per heavy atom. The SMILES string of the molecule is O=C(NC1CCCNC1)c1ccco1. The van der Waals surface area contributed by atoms with Crippen LogP contribution in [-0.2, 0) is 0 Å². The summed E-state index contributed by atoms with van der Waals surface area (Å²) in [5.41, 5.74) is 0. The molecule has 0 bridgehead atoms. The van der Waals surface area contributed by atoms with Crippen LogP contribution in [0, 0.1) is 0 Å². The highest BCUT2D eigenvalue weighted by Crippen LogP contribution is 2.04. The number of nitrogens with one attached hydrogen (secondary N) is 2. The molecule has 1 aliphatic rings. The Hall–Kier alpha value is -1.29. The molecule has 0 radical (unpaired) electrons. The van der Waals surface area contributed by atoms with E-state index in [4.69, 9.17) is 4.42 Å². The molecule has 76 valence electrons. The quantitative estimate of drug-likeness (QED) is 0.730. The first-order valence-corrected chi connectivity index (χ1v) is 4.91. The highest BCUT2D eigenvalue weighted by Gasteiger charge is 2.17. The van der Waals surface area contributed by atoms with E-state index in [9.17, 15) is 4.79 Å². The number of piperidine rings is 1. The smallest absolute Gasteiger partial charge is 0.287 e. The third-order valence-electron chi connectivity index (χ3n) is 2.38. The molecular formula is C10H14N2O2. The summed E-state index contributed by atoms with van der Waals surface area (Å²) in [6.07, 6.45) is 3.66. The van der Waals surface area contributed by atoms with Gasteiger partial charge in [-0.2, -0.15) is 0 Å². The molecule has 1 atom stereocenters. The lowest BCUT2D eigenvalue weighted by molar-refractivity contribution is 0.0902. The van der Waals surface area contributed by atoms with Crippen molar-refractivity contribution < 1.29 is 9.21 Å². The maximum Gasteiger partial charge on any atom is 0.287 e. The van der Waals surface area contributed by atoms with Gasteiger partial charge < -0.3 is 15.1 Å². The number of carbonyl (C=O) groups is 1. The van der Waals surface area contributed by atoms with Crippen LogP contribution in [0.2, 0.25) is 0 Å². The second kappa shape index (κ2) is 4.28. The lowest BCUT2D eigenvalue weighted by atomic mass is 10.1. The third-order valence-corrected chi connectivity index (χ3v) is 2.38.